The zero-order chi connectivity index (χ0) is 19.0. The maximum atomic E-state index is 6.26. The number of nitrogens with zero attached hydrogens (tertiary/aromatic N) is 6. The smallest absolute Gasteiger partial charge is 0.165 e. The lowest BCUT2D eigenvalue weighted by molar-refractivity contribution is 0.210. The number of aromatic nitrogens is 5. The first-order valence-electron chi connectivity index (χ1n) is 9.01. The van der Waals surface area contributed by atoms with Crippen molar-refractivity contribution >= 4 is 17.2 Å². The first-order valence-corrected chi connectivity index (χ1v) is 9.01. The summed E-state index contributed by atoms with van der Waals surface area (Å²) >= 11 is 0. The van der Waals surface area contributed by atoms with Crippen LogP contribution < -0.4 is 11.1 Å². The molecule has 1 saturated heterocycles. The fraction of sp³-hybridized carbons (Fsp3) is 0.444. The van der Waals surface area contributed by atoms with Crippen LogP contribution >= 0.6 is 0 Å². The summed E-state index contributed by atoms with van der Waals surface area (Å²) in [6.07, 6.45) is 7.54. The third kappa shape index (κ3) is 3.25. The molecule has 3 aromatic heterocycles. The predicted molar refractivity (Wildman–Crippen MR) is 103 cm³/mol. The van der Waals surface area contributed by atoms with Gasteiger partial charge in [0.15, 0.2) is 5.65 Å². The highest BCUT2D eigenvalue weighted by Gasteiger charge is 2.26. The summed E-state index contributed by atoms with van der Waals surface area (Å²) in [4.78, 5) is 9.78. The van der Waals surface area contributed by atoms with E-state index in [1.54, 1.807) is 22.5 Å². The Morgan fingerprint density at radius 1 is 1.33 bits per heavy atom. The molecule has 0 amide bonds. The van der Waals surface area contributed by atoms with E-state index >= 15 is 0 Å². The highest BCUT2D eigenvalue weighted by atomic mass is 16.6. The van der Waals surface area contributed by atoms with E-state index in [9.17, 15) is 0 Å². The molecule has 1 fully saturated rings. The van der Waals surface area contributed by atoms with Crippen molar-refractivity contribution in [2.75, 3.05) is 19.4 Å². The normalized spacial score (nSPS) is 20.9. The molecule has 2 atom stereocenters. The van der Waals surface area contributed by atoms with Crippen molar-refractivity contribution in [2.45, 2.75) is 31.7 Å². The molecule has 3 N–H and O–H groups in total. The van der Waals surface area contributed by atoms with Gasteiger partial charge in [-0.2, -0.15) is 14.7 Å². The van der Waals surface area contributed by atoms with Crippen molar-refractivity contribution < 1.29 is 4.84 Å². The van der Waals surface area contributed by atoms with E-state index in [2.05, 4.69) is 20.7 Å². The summed E-state index contributed by atoms with van der Waals surface area (Å²) < 4.78 is 3.45. The second kappa shape index (κ2) is 6.99. The molecule has 9 heteroatoms. The molecule has 142 valence electrons. The Labute approximate surface area is 157 Å². The van der Waals surface area contributed by atoms with E-state index in [0.717, 1.165) is 47.6 Å². The van der Waals surface area contributed by atoms with Gasteiger partial charge in [-0.3, -0.25) is 4.68 Å². The van der Waals surface area contributed by atoms with Gasteiger partial charge in [0.25, 0.3) is 0 Å². The van der Waals surface area contributed by atoms with Crippen molar-refractivity contribution in [3.8, 4) is 11.1 Å². The Bertz CT molecular complexity index is 981. The van der Waals surface area contributed by atoms with Gasteiger partial charge >= 0.3 is 0 Å². The first-order chi connectivity index (χ1) is 13.1. The van der Waals surface area contributed by atoms with Gasteiger partial charge in [0.1, 0.15) is 12.9 Å². The van der Waals surface area contributed by atoms with Gasteiger partial charge in [0.05, 0.1) is 23.8 Å². The Kier molecular flexibility index (Phi) is 4.53. The van der Waals surface area contributed by atoms with Gasteiger partial charge in [0.2, 0.25) is 0 Å². The maximum absolute atomic E-state index is 6.26. The van der Waals surface area contributed by atoms with E-state index < -0.39 is 0 Å². The number of hydrogen-bond acceptors (Lipinski definition) is 7. The lowest BCUT2D eigenvalue weighted by Crippen LogP contribution is -2.42. The van der Waals surface area contributed by atoms with Gasteiger partial charge in [-0.25, -0.2) is 4.98 Å². The molecule has 27 heavy (non-hydrogen) atoms. The summed E-state index contributed by atoms with van der Waals surface area (Å²) in [6.45, 7) is 2.80. The predicted octanol–water partition coefficient (Wildman–Crippen LogP) is 1.57. The van der Waals surface area contributed by atoms with Crippen LogP contribution in [0.4, 0.5) is 5.82 Å². The molecule has 0 bridgehead atoms. The van der Waals surface area contributed by atoms with Crippen molar-refractivity contribution in [3.05, 3.63) is 30.4 Å². The summed E-state index contributed by atoms with van der Waals surface area (Å²) in [6, 6.07) is 2.17. The topological polar surface area (TPSA) is 108 Å². The van der Waals surface area contributed by atoms with E-state index in [4.69, 9.17) is 15.6 Å². The quantitative estimate of drug-likeness (QED) is 0.535. The van der Waals surface area contributed by atoms with E-state index in [0.29, 0.717) is 11.7 Å². The fourth-order valence-corrected chi connectivity index (χ4v) is 3.65. The second-order valence-corrected chi connectivity index (χ2v) is 6.95. The number of nitrogens with two attached hydrogens (primary N) is 1. The van der Waals surface area contributed by atoms with Crippen molar-refractivity contribution in [3.63, 3.8) is 0 Å². The standard InChI is InChI=1S/C18H24N8O/c1-11(24-27-3)15-5-4-12(7-20-15)16-6-17(19)26-18(23-16)14(9-22-26)13-8-21-25(2)10-13/h6,8-10,12,15,20H,4-5,7,19H2,1-3H3/t12-,15-/m0/s1. The number of anilines is 1. The monoisotopic (exact) mass is 368 g/mol. The van der Waals surface area contributed by atoms with Crippen LogP contribution in [0.25, 0.3) is 16.8 Å². The Morgan fingerprint density at radius 2 is 2.19 bits per heavy atom. The third-order valence-corrected chi connectivity index (χ3v) is 5.11. The van der Waals surface area contributed by atoms with Gasteiger partial charge in [-0.1, -0.05) is 5.16 Å². The molecule has 0 aromatic carbocycles. The summed E-state index contributed by atoms with van der Waals surface area (Å²) in [7, 11) is 3.46. The molecule has 9 nitrogen and oxygen atoms in total. The summed E-state index contributed by atoms with van der Waals surface area (Å²) in [5.74, 6) is 0.880. The third-order valence-electron chi connectivity index (χ3n) is 5.11. The molecule has 0 saturated carbocycles. The fourth-order valence-electron chi connectivity index (χ4n) is 3.65. The minimum Gasteiger partial charge on any atom is -0.399 e. The number of nitrogen functional groups attached to an aromatic ring is 1. The highest BCUT2D eigenvalue weighted by molar-refractivity contribution is 5.86. The van der Waals surface area contributed by atoms with E-state index in [1.165, 1.54) is 0 Å². The van der Waals surface area contributed by atoms with Crippen LogP contribution in [0.15, 0.2) is 29.8 Å². The molecule has 0 radical (unpaired) electrons. The number of aryl methyl sites for hydroxylation is 1. The van der Waals surface area contributed by atoms with Crippen molar-refractivity contribution in [2.24, 2.45) is 12.2 Å². The zero-order valence-corrected chi connectivity index (χ0v) is 15.8. The molecule has 0 unspecified atom stereocenters. The van der Waals surface area contributed by atoms with Crippen LogP contribution in [-0.4, -0.2) is 49.8 Å². The Hall–Kier alpha value is -2.94. The minimum atomic E-state index is 0.239. The second-order valence-electron chi connectivity index (χ2n) is 6.95. The van der Waals surface area contributed by atoms with Crippen LogP contribution in [0, 0.1) is 0 Å². The maximum Gasteiger partial charge on any atom is 0.165 e. The number of rotatable bonds is 4. The molecule has 4 heterocycles. The lowest BCUT2D eigenvalue weighted by atomic mass is 9.90. The van der Waals surface area contributed by atoms with Crippen molar-refractivity contribution in [1.82, 2.24) is 29.7 Å². The largest absolute Gasteiger partial charge is 0.399 e. The Balaban J connectivity index is 1.63. The molecule has 0 spiro atoms. The summed E-state index contributed by atoms with van der Waals surface area (Å²) in [5.41, 5.74) is 10.9. The number of hydrogen-bond donors (Lipinski definition) is 2. The number of nitrogens with one attached hydrogen (secondary N) is 1. The van der Waals surface area contributed by atoms with E-state index in [1.807, 2.05) is 32.4 Å². The van der Waals surface area contributed by atoms with Gasteiger partial charge in [-0.15, -0.1) is 0 Å². The number of fused-ring (bicyclic) bond motifs is 1. The van der Waals surface area contributed by atoms with Crippen molar-refractivity contribution in [1.29, 1.82) is 0 Å². The lowest BCUT2D eigenvalue weighted by Gasteiger charge is -2.29. The minimum absolute atomic E-state index is 0.239. The zero-order valence-electron chi connectivity index (χ0n) is 15.8. The highest BCUT2D eigenvalue weighted by Crippen LogP contribution is 2.29. The molecule has 1 aliphatic heterocycles. The van der Waals surface area contributed by atoms with Gasteiger partial charge in [-0.05, 0) is 19.8 Å². The van der Waals surface area contributed by atoms with Gasteiger partial charge in [0, 0.05) is 48.9 Å². The molecule has 3 aromatic rings. The van der Waals surface area contributed by atoms with Crippen LogP contribution in [0.2, 0.25) is 0 Å². The SMILES string of the molecule is CON=C(C)[C@@H]1CC[C@H](c2cc(N)n3ncc(-c4cnn(C)c4)c3n2)CN1. The van der Waals surface area contributed by atoms with Crippen LogP contribution in [0.3, 0.4) is 0 Å². The van der Waals surface area contributed by atoms with Crippen LogP contribution in [-0.2, 0) is 11.9 Å². The molecule has 0 aliphatic carbocycles. The average Bonchev–Trinajstić information content (AvgIpc) is 3.28. The van der Waals surface area contributed by atoms with Crippen LogP contribution in [0.1, 0.15) is 31.4 Å². The number of oxime groups is 1. The Morgan fingerprint density at radius 3 is 2.85 bits per heavy atom. The molecule has 4 rings (SSSR count). The molecule has 1 aliphatic rings. The number of piperidine rings is 1. The van der Waals surface area contributed by atoms with Crippen LogP contribution in [0.5, 0.6) is 0 Å². The molecular formula is C18H24N8O. The first kappa shape index (κ1) is 17.5. The average molecular weight is 368 g/mol. The van der Waals surface area contributed by atoms with E-state index in [-0.39, 0.29) is 6.04 Å². The molecular weight excluding hydrogens is 344 g/mol. The summed E-state index contributed by atoms with van der Waals surface area (Å²) in [5, 5.41) is 16.2. The van der Waals surface area contributed by atoms with Gasteiger partial charge < -0.3 is 15.9 Å².